The third-order valence-electron chi connectivity index (χ3n) is 3.71. The predicted octanol–water partition coefficient (Wildman–Crippen LogP) is 2.05. The van der Waals surface area contributed by atoms with Crippen LogP contribution < -0.4 is 9.46 Å². The molecule has 128 valence electrons. The molecule has 8 nitrogen and oxygen atoms in total. The van der Waals surface area contributed by atoms with Crippen LogP contribution in [0.3, 0.4) is 0 Å². The zero-order valence-corrected chi connectivity index (χ0v) is 14.7. The van der Waals surface area contributed by atoms with Gasteiger partial charge < -0.3 is 9.72 Å². The van der Waals surface area contributed by atoms with Gasteiger partial charge in [0, 0.05) is 6.07 Å². The lowest BCUT2D eigenvalue weighted by molar-refractivity contribution is 0.415. The Morgan fingerprint density at radius 3 is 2.92 bits per heavy atom. The quantitative estimate of drug-likeness (QED) is 0.552. The molecular formula is C15H13N5O3S2. The first kappa shape index (κ1) is 15.9. The molecule has 0 aliphatic heterocycles. The first-order valence-electron chi connectivity index (χ1n) is 7.30. The number of aromatic nitrogens is 4. The molecule has 2 heterocycles. The highest BCUT2D eigenvalue weighted by molar-refractivity contribution is 7.89. The third kappa shape index (κ3) is 2.95. The lowest BCUT2D eigenvalue weighted by Gasteiger charge is -2.05. The van der Waals surface area contributed by atoms with Gasteiger partial charge in [0.1, 0.15) is 27.5 Å². The average Bonchev–Trinajstić information content (AvgIpc) is 3.25. The molecular weight excluding hydrogens is 362 g/mol. The molecule has 4 rings (SSSR count). The van der Waals surface area contributed by atoms with E-state index in [-0.39, 0.29) is 11.4 Å². The van der Waals surface area contributed by atoms with Gasteiger partial charge in [0.05, 0.1) is 36.4 Å². The second-order valence-corrected chi connectivity index (χ2v) is 7.54. The zero-order valence-electron chi connectivity index (χ0n) is 13.1. The summed E-state index contributed by atoms with van der Waals surface area (Å²) >= 11 is 0.981. The van der Waals surface area contributed by atoms with Crippen molar-refractivity contribution < 1.29 is 13.2 Å². The molecule has 0 aliphatic rings. The second kappa shape index (κ2) is 6.06. The van der Waals surface area contributed by atoms with Crippen LogP contribution in [0.25, 0.3) is 22.1 Å². The Labute approximate surface area is 147 Å². The highest BCUT2D eigenvalue weighted by Crippen LogP contribution is 2.22. The second-order valence-electron chi connectivity index (χ2n) is 5.28. The number of benzene rings is 2. The molecule has 0 amide bonds. The number of hydrogen-bond donors (Lipinski definition) is 2. The Bertz CT molecular complexity index is 1170. The van der Waals surface area contributed by atoms with Gasteiger partial charge in [-0.1, -0.05) is 6.07 Å². The third-order valence-corrected chi connectivity index (χ3v) is 5.68. The summed E-state index contributed by atoms with van der Waals surface area (Å²) in [5, 5.41) is 0. The number of rotatable bonds is 5. The van der Waals surface area contributed by atoms with E-state index in [0.29, 0.717) is 22.6 Å². The highest BCUT2D eigenvalue weighted by Gasteiger charge is 2.19. The maximum Gasteiger partial charge on any atom is 0.243 e. The Kier molecular flexibility index (Phi) is 3.86. The molecule has 25 heavy (non-hydrogen) atoms. The van der Waals surface area contributed by atoms with Crippen LogP contribution in [0.4, 0.5) is 0 Å². The van der Waals surface area contributed by atoms with Crippen LogP contribution >= 0.6 is 11.7 Å². The molecule has 10 heteroatoms. The standard InChI is InChI=1S/C15H13N5O3S2/c1-23-9-5-6-10-12(7-9)18-14(17-10)8-16-25(21,22)13-4-2-3-11-15(13)20-24-19-11/h2-7,16H,8H2,1H3,(H,17,18). The smallest absolute Gasteiger partial charge is 0.243 e. The fraction of sp³-hybridized carbons (Fsp3) is 0.133. The molecule has 0 aliphatic carbocycles. The normalized spacial score (nSPS) is 12.0. The summed E-state index contributed by atoms with van der Waals surface area (Å²) in [5.41, 5.74) is 2.44. The van der Waals surface area contributed by atoms with Crippen molar-refractivity contribution in [1.82, 2.24) is 23.4 Å². The highest BCUT2D eigenvalue weighted by atomic mass is 32.2. The fourth-order valence-corrected chi connectivity index (χ4v) is 4.24. The van der Waals surface area contributed by atoms with E-state index in [4.69, 9.17) is 4.74 Å². The van der Waals surface area contributed by atoms with E-state index in [9.17, 15) is 8.42 Å². The van der Waals surface area contributed by atoms with Gasteiger partial charge >= 0.3 is 0 Å². The number of H-pyrrole nitrogens is 1. The number of ether oxygens (including phenoxy) is 1. The van der Waals surface area contributed by atoms with Gasteiger partial charge in [-0.25, -0.2) is 18.1 Å². The Morgan fingerprint density at radius 1 is 1.20 bits per heavy atom. The van der Waals surface area contributed by atoms with Crippen LogP contribution in [0.1, 0.15) is 5.82 Å². The summed E-state index contributed by atoms with van der Waals surface area (Å²) in [6.07, 6.45) is 0. The summed E-state index contributed by atoms with van der Waals surface area (Å²) in [5.74, 6) is 1.21. The van der Waals surface area contributed by atoms with Crippen molar-refractivity contribution in [2.24, 2.45) is 0 Å². The van der Waals surface area contributed by atoms with Crippen molar-refractivity contribution in [3.05, 3.63) is 42.2 Å². The van der Waals surface area contributed by atoms with Crippen LogP contribution in [0.5, 0.6) is 5.75 Å². The van der Waals surface area contributed by atoms with Crippen molar-refractivity contribution >= 4 is 43.8 Å². The molecule has 2 aromatic heterocycles. The number of nitrogens with one attached hydrogen (secondary N) is 2. The average molecular weight is 375 g/mol. The minimum absolute atomic E-state index is 0.0350. The summed E-state index contributed by atoms with van der Waals surface area (Å²) in [7, 11) is -2.15. The van der Waals surface area contributed by atoms with E-state index in [1.807, 2.05) is 12.1 Å². The summed E-state index contributed by atoms with van der Waals surface area (Å²) in [6, 6.07) is 10.3. The molecule has 2 N–H and O–H groups in total. The predicted molar refractivity (Wildman–Crippen MR) is 94.1 cm³/mol. The fourth-order valence-electron chi connectivity index (χ4n) is 2.49. The Hall–Kier alpha value is -2.56. The Balaban J connectivity index is 1.61. The molecule has 2 aromatic carbocycles. The minimum atomic E-state index is -3.74. The maximum absolute atomic E-state index is 12.6. The van der Waals surface area contributed by atoms with Gasteiger partial charge in [0.25, 0.3) is 0 Å². The summed E-state index contributed by atoms with van der Waals surface area (Å²) in [4.78, 5) is 7.56. The van der Waals surface area contributed by atoms with Crippen molar-refractivity contribution in [1.29, 1.82) is 0 Å². The zero-order chi connectivity index (χ0) is 17.4. The molecule has 0 spiro atoms. The maximum atomic E-state index is 12.6. The van der Waals surface area contributed by atoms with Crippen molar-refractivity contribution in [2.45, 2.75) is 11.4 Å². The van der Waals surface area contributed by atoms with Crippen LogP contribution in [0.2, 0.25) is 0 Å². The topological polar surface area (TPSA) is 110 Å². The molecule has 0 atom stereocenters. The Morgan fingerprint density at radius 2 is 2.08 bits per heavy atom. The van der Waals surface area contributed by atoms with Gasteiger partial charge in [0.2, 0.25) is 10.0 Å². The van der Waals surface area contributed by atoms with Gasteiger partial charge in [-0.2, -0.15) is 8.75 Å². The molecule has 0 saturated heterocycles. The molecule has 0 saturated carbocycles. The molecule has 0 unspecified atom stereocenters. The van der Waals surface area contributed by atoms with E-state index in [2.05, 4.69) is 23.4 Å². The van der Waals surface area contributed by atoms with E-state index in [1.165, 1.54) is 6.07 Å². The molecule has 0 bridgehead atoms. The number of imidazole rings is 1. The van der Waals surface area contributed by atoms with Crippen LogP contribution in [-0.4, -0.2) is 34.2 Å². The summed E-state index contributed by atoms with van der Waals surface area (Å²) in [6.45, 7) is 0.0350. The first-order valence-corrected chi connectivity index (χ1v) is 9.52. The number of sulfonamides is 1. The van der Waals surface area contributed by atoms with Crippen LogP contribution in [-0.2, 0) is 16.6 Å². The monoisotopic (exact) mass is 375 g/mol. The van der Waals surface area contributed by atoms with E-state index in [1.54, 1.807) is 25.3 Å². The lowest BCUT2D eigenvalue weighted by atomic mass is 10.3. The van der Waals surface area contributed by atoms with Crippen LogP contribution in [0.15, 0.2) is 41.3 Å². The van der Waals surface area contributed by atoms with E-state index in [0.717, 1.165) is 22.8 Å². The minimum Gasteiger partial charge on any atom is -0.497 e. The van der Waals surface area contributed by atoms with E-state index < -0.39 is 10.0 Å². The van der Waals surface area contributed by atoms with E-state index >= 15 is 0 Å². The van der Waals surface area contributed by atoms with Gasteiger partial charge in [0.15, 0.2) is 0 Å². The number of nitrogens with zero attached hydrogens (tertiary/aromatic N) is 3. The number of hydrogen-bond acceptors (Lipinski definition) is 7. The molecule has 4 aromatic rings. The van der Waals surface area contributed by atoms with Crippen LogP contribution in [0, 0.1) is 0 Å². The van der Waals surface area contributed by atoms with Crippen molar-refractivity contribution in [2.75, 3.05) is 7.11 Å². The summed E-state index contributed by atoms with van der Waals surface area (Å²) < 4.78 is 41.0. The van der Waals surface area contributed by atoms with Gasteiger partial charge in [-0.05, 0) is 24.3 Å². The number of fused-ring (bicyclic) bond motifs is 2. The molecule has 0 radical (unpaired) electrons. The number of methoxy groups -OCH3 is 1. The first-order chi connectivity index (χ1) is 12.1. The van der Waals surface area contributed by atoms with Gasteiger partial charge in [-0.15, -0.1) is 0 Å². The lowest BCUT2D eigenvalue weighted by Crippen LogP contribution is -2.24. The largest absolute Gasteiger partial charge is 0.497 e. The van der Waals surface area contributed by atoms with Crippen molar-refractivity contribution in [3.63, 3.8) is 0 Å². The SMILES string of the molecule is COc1ccc2nc(CNS(=O)(=O)c3cccc4nsnc34)[nH]c2c1. The van der Waals surface area contributed by atoms with Crippen molar-refractivity contribution in [3.8, 4) is 5.75 Å². The van der Waals surface area contributed by atoms with Gasteiger partial charge in [-0.3, -0.25) is 0 Å². The number of aromatic amines is 1. The molecule has 0 fully saturated rings.